The van der Waals surface area contributed by atoms with Crippen molar-refractivity contribution >= 4 is 29.0 Å². The lowest BCUT2D eigenvalue weighted by molar-refractivity contribution is -0.129. The molecule has 12 heteroatoms. The molecule has 0 atom stereocenters. The van der Waals surface area contributed by atoms with E-state index < -0.39 is 23.5 Å². The Hall–Kier alpha value is -4.48. The van der Waals surface area contributed by atoms with Gasteiger partial charge < -0.3 is 30.2 Å². The van der Waals surface area contributed by atoms with E-state index in [4.69, 9.17) is 10.5 Å². The van der Waals surface area contributed by atoms with E-state index in [-0.39, 0.29) is 23.3 Å². The van der Waals surface area contributed by atoms with E-state index in [9.17, 15) is 22.8 Å². The van der Waals surface area contributed by atoms with Crippen LogP contribution in [0.1, 0.15) is 19.8 Å². The monoisotopic (exact) mass is 501 g/mol. The number of fused-ring (bicyclic) bond motifs is 1. The summed E-state index contributed by atoms with van der Waals surface area (Å²) in [7, 11) is 0. The standard InChI is InChI=1S/C24H22F3N5O4/c1-13(2)35-21(24(25,26)27)20(28)23(34)29-15-4-3-5-16(10-15)36-17-8-9-19-30-18(12-32(19)11-17)31-22(33)14-6-7-14/h3-5,8-12,14H,1,6-7,28H2,2H3,(H,29,34)(H,31,33)/b21-20-. The number of hydrogen-bond acceptors (Lipinski definition) is 6. The molecule has 2 heterocycles. The van der Waals surface area contributed by atoms with Crippen molar-refractivity contribution in [2.24, 2.45) is 11.7 Å². The van der Waals surface area contributed by atoms with Crippen molar-refractivity contribution in [3.63, 3.8) is 0 Å². The third-order valence-electron chi connectivity index (χ3n) is 4.97. The lowest BCUT2D eigenvalue weighted by atomic mass is 10.2. The largest absolute Gasteiger partial charge is 0.456 e. The van der Waals surface area contributed by atoms with Crippen LogP contribution in [0, 0.1) is 5.92 Å². The van der Waals surface area contributed by atoms with E-state index in [0.717, 1.165) is 12.8 Å². The minimum atomic E-state index is -4.99. The molecule has 0 spiro atoms. The Morgan fingerprint density at radius 3 is 2.56 bits per heavy atom. The maximum Gasteiger partial charge on any atom is 0.451 e. The van der Waals surface area contributed by atoms with Crippen molar-refractivity contribution in [2.75, 3.05) is 10.6 Å². The number of pyridine rings is 1. The number of carbonyl (C=O) groups is 2. The van der Waals surface area contributed by atoms with Gasteiger partial charge in [-0.05, 0) is 44.0 Å². The molecule has 36 heavy (non-hydrogen) atoms. The Kier molecular flexibility index (Phi) is 6.60. The number of hydrogen-bond donors (Lipinski definition) is 3. The molecule has 0 aliphatic heterocycles. The molecule has 1 saturated carbocycles. The molecule has 4 rings (SSSR count). The number of nitrogens with two attached hydrogens (primary N) is 1. The highest BCUT2D eigenvalue weighted by atomic mass is 19.4. The highest BCUT2D eigenvalue weighted by Gasteiger charge is 2.40. The highest BCUT2D eigenvalue weighted by molar-refractivity contribution is 6.03. The number of amides is 2. The maximum absolute atomic E-state index is 13.2. The Balaban J connectivity index is 1.47. The molecule has 0 bridgehead atoms. The summed E-state index contributed by atoms with van der Waals surface area (Å²) in [6, 6.07) is 9.36. The lowest BCUT2D eigenvalue weighted by Crippen LogP contribution is -2.28. The second-order valence-corrected chi connectivity index (χ2v) is 8.15. The molecule has 2 amide bonds. The third-order valence-corrected chi connectivity index (χ3v) is 4.97. The average Bonchev–Trinajstić information content (AvgIpc) is 3.57. The normalized spacial score (nSPS) is 14.1. The van der Waals surface area contributed by atoms with Gasteiger partial charge in [0.05, 0.1) is 18.2 Å². The molecule has 1 aliphatic rings. The van der Waals surface area contributed by atoms with Crippen molar-refractivity contribution < 1.29 is 32.2 Å². The highest BCUT2D eigenvalue weighted by Crippen LogP contribution is 2.31. The van der Waals surface area contributed by atoms with Crippen molar-refractivity contribution in [1.29, 1.82) is 0 Å². The summed E-state index contributed by atoms with van der Waals surface area (Å²) in [4.78, 5) is 28.6. The summed E-state index contributed by atoms with van der Waals surface area (Å²) in [5.41, 5.74) is 5.02. The summed E-state index contributed by atoms with van der Waals surface area (Å²) in [6.07, 6.45) is 0.0692. The number of ether oxygens (including phenoxy) is 2. The van der Waals surface area contributed by atoms with Crippen molar-refractivity contribution in [1.82, 2.24) is 9.38 Å². The van der Waals surface area contributed by atoms with Crippen LogP contribution in [0.15, 0.2) is 72.6 Å². The first kappa shape index (κ1) is 24.6. The predicted octanol–water partition coefficient (Wildman–Crippen LogP) is 4.70. The molecule has 0 radical (unpaired) electrons. The molecule has 2 aromatic heterocycles. The van der Waals surface area contributed by atoms with Gasteiger partial charge in [-0.15, -0.1) is 0 Å². The Labute approximate surface area is 203 Å². The van der Waals surface area contributed by atoms with Crippen molar-refractivity contribution in [3.05, 3.63) is 72.6 Å². The molecule has 0 unspecified atom stereocenters. The molecular formula is C24H22F3N5O4. The zero-order valence-corrected chi connectivity index (χ0v) is 19.1. The number of allylic oxidation sites excluding steroid dienone is 2. The van der Waals surface area contributed by atoms with Gasteiger partial charge in [0.1, 0.15) is 22.8 Å². The van der Waals surface area contributed by atoms with Crippen LogP contribution in [0.4, 0.5) is 24.7 Å². The van der Waals surface area contributed by atoms with Crippen LogP contribution in [0.5, 0.6) is 11.5 Å². The van der Waals surface area contributed by atoms with Gasteiger partial charge in [0.2, 0.25) is 11.7 Å². The Morgan fingerprint density at radius 2 is 1.89 bits per heavy atom. The number of alkyl halides is 3. The van der Waals surface area contributed by atoms with E-state index in [1.54, 1.807) is 41.1 Å². The summed E-state index contributed by atoms with van der Waals surface area (Å²) >= 11 is 0. The van der Waals surface area contributed by atoms with Crippen LogP contribution in [0.3, 0.4) is 0 Å². The molecular weight excluding hydrogens is 479 g/mol. The number of nitrogens with one attached hydrogen (secondary N) is 2. The van der Waals surface area contributed by atoms with Gasteiger partial charge >= 0.3 is 6.18 Å². The molecule has 1 aromatic carbocycles. The molecule has 9 nitrogen and oxygen atoms in total. The van der Waals surface area contributed by atoms with Crippen LogP contribution in [-0.4, -0.2) is 27.4 Å². The van der Waals surface area contributed by atoms with Crippen LogP contribution in [0.2, 0.25) is 0 Å². The second-order valence-electron chi connectivity index (χ2n) is 8.15. The fourth-order valence-corrected chi connectivity index (χ4v) is 3.18. The maximum atomic E-state index is 13.2. The van der Waals surface area contributed by atoms with Gasteiger partial charge in [-0.1, -0.05) is 12.6 Å². The zero-order chi connectivity index (χ0) is 26.0. The fourth-order valence-electron chi connectivity index (χ4n) is 3.18. The third kappa shape index (κ3) is 5.95. The van der Waals surface area contributed by atoms with E-state index in [1.165, 1.54) is 19.1 Å². The number of imidazole rings is 1. The number of anilines is 2. The number of carbonyl (C=O) groups excluding carboxylic acids is 2. The quantitative estimate of drug-likeness (QED) is 0.304. The number of halogens is 3. The number of nitrogens with zero attached hydrogens (tertiary/aromatic N) is 2. The Morgan fingerprint density at radius 1 is 1.14 bits per heavy atom. The van der Waals surface area contributed by atoms with Gasteiger partial charge in [-0.25, -0.2) is 4.98 Å². The van der Waals surface area contributed by atoms with E-state index >= 15 is 0 Å². The number of aromatic nitrogens is 2. The van der Waals surface area contributed by atoms with Gasteiger partial charge in [0.15, 0.2) is 5.82 Å². The summed E-state index contributed by atoms with van der Waals surface area (Å²) in [5, 5.41) is 5.07. The zero-order valence-electron chi connectivity index (χ0n) is 19.1. The van der Waals surface area contributed by atoms with Crippen LogP contribution < -0.4 is 21.1 Å². The Bertz CT molecular complexity index is 1380. The molecule has 4 N–H and O–H groups in total. The topological polar surface area (TPSA) is 120 Å². The minimum absolute atomic E-state index is 0.0472. The van der Waals surface area contributed by atoms with Crippen LogP contribution in [-0.2, 0) is 14.3 Å². The molecule has 1 fully saturated rings. The molecule has 188 valence electrons. The average molecular weight is 501 g/mol. The van der Waals surface area contributed by atoms with Crippen LogP contribution >= 0.6 is 0 Å². The molecule has 0 saturated heterocycles. The predicted molar refractivity (Wildman–Crippen MR) is 125 cm³/mol. The fraction of sp³-hybridized carbons (Fsp3) is 0.208. The first-order valence-corrected chi connectivity index (χ1v) is 10.8. The van der Waals surface area contributed by atoms with Gasteiger partial charge in [-0.2, -0.15) is 13.2 Å². The van der Waals surface area contributed by atoms with E-state index in [0.29, 0.717) is 23.0 Å². The second kappa shape index (κ2) is 9.64. The van der Waals surface area contributed by atoms with Gasteiger partial charge in [0.25, 0.3) is 5.91 Å². The van der Waals surface area contributed by atoms with Gasteiger partial charge in [-0.3, -0.25) is 9.59 Å². The number of rotatable bonds is 8. The van der Waals surface area contributed by atoms with Gasteiger partial charge in [0, 0.05) is 17.7 Å². The summed E-state index contributed by atoms with van der Waals surface area (Å²) in [5.74, 6) is -2.01. The van der Waals surface area contributed by atoms with E-state index in [1.807, 2.05) is 0 Å². The lowest BCUT2D eigenvalue weighted by Gasteiger charge is -2.16. The van der Waals surface area contributed by atoms with E-state index in [2.05, 4.69) is 26.9 Å². The molecule has 1 aliphatic carbocycles. The minimum Gasteiger partial charge on any atom is -0.456 e. The summed E-state index contributed by atoms with van der Waals surface area (Å²) in [6.45, 7) is 4.44. The summed E-state index contributed by atoms with van der Waals surface area (Å²) < 4.78 is 51.7. The first-order valence-electron chi connectivity index (χ1n) is 10.8. The molecule has 3 aromatic rings. The first-order chi connectivity index (χ1) is 17.0. The SMILES string of the molecule is C=C(C)O/C(=C(\N)C(=O)Nc1cccc(Oc2ccc3nc(NC(=O)C4CC4)cn3c2)c1)C(F)(F)F. The number of benzene rings is 1. The van der Waals surface area contributed by atoms with Crippen molar-refractivity contribution in [2.45, 2.75) is 25.9 Å². The van der Waals surface area contributed by atoms with Crippen molar-refractivity contribution in [3.8, 4) is 11.5 Å². The van der Waals surface area contributed by atoms with Crippen LogP contribution in [0.25, 0.3) is 5.65 Å². The smallest absolute Gasteiger partial charge is 0.451 e.